The van der Waals surface area contributed by atoms with Crippen LogP contribution in [0.4, 0.5) is 14.5 Å². The second-order valence-electron chi connectivity index (χ2n) is 6.45. The lowest BCUT2D eigenvalue weighted by atomic mass is 10.1. The second-order valence-corrected chi connectivity index (χ2v) is 6.45. The summed E-state index contributed by atoms with van der Waals surface area (Å²) in [7, 11) is 0. The number of carbonyl (C=O) groups excluding carboxylic acids is 3. The molecule has 1 aliphatic rings. The van der Waals surface area contributed by atoms with Crippen LogP contribution in [0.5, 0.6) is 0 Å². The molecule has 1 saturated heterocycles. The highest BCUT2D eigenvalue weighted by Gasteiger charge is 2.36. The number of nitrogens with one attached hydrogen (secondary N) is 1. The van der Waals surface area contributed by atoms with Crippen molar-refractivity contribution < 1.29 is 32.3 Å². The van der Waals surface area contributed by atoms with Gasteiger partial charge in [-0.3, -0.25) is 14.4 Å². The first kappa shape index (κ1) is 19.5. The fraction of sp³-hybridized carbons (Fsp3) is 0.316. The maximum atomic E-state index is 13.2. The van der Waals surface area contributed by atoms with E-state index in [1.54, 1.807) is 12.1 Å². The first-order valence-electron chi connectivity index (χ1n) is 8.60. The molecule has 9 heteroatoms. The van der Waals surface area contributed by atoms with E-state index >= 15 is 0 Å². The van der Waals surface area contributed by atoms with Crippen molar-refractivity contribution in [2.45, 2.75) is 26.0 Å². The third kappa shape index (κ3) is 4.54. The number of hydrogen-bond donors (Lipinski definition) is 1. The number of anilines is 1. The zero-order valence-corrected chi connectivity index (χ0v) is 15.0. The first-order chi connectivity index (χ1) is 13.3. The van der Waals surface area contributed by atoms with Gasteiger partial charge in [0, 0.05) is 24.7 Å². The summed E-state index contributed by atoms with van der Waals surface area (Å²) in [5.74, 6) is -3.83. The predicted octanol–water partition coefficient (Wildman–Crippen LogP) is 2.48. The molecule has 2 heterocycles. The number of nitrogens with zero attached hydrogens (tertiary/aromatic N) is 1. The van der Waals surface area contributed by atoms with Gasteiger partial charge in [0.05, 0.1) is 18.7 Å². The molecule has 0 bridgehead atoms. The van der Waals surface area contributed by atoms with Crippen molar-refractivity contribution in [3.8, 4) is 0 Å². The van der Waals surface area contributed by atoms with Crippen molar-refractivity contribution >= 4 is 23.5 Å². The molecule has 1 aromatic carbocycles. The molecule has 0 spiro atoms. The monoisotopic (exact) mass is 392 g/mol. The van der Waals surface area contributed by atoms with E-state index in [0.29, 0.717) is 5.76 Å². The number of furan rings is 1. The number of halogens is 2. The van der Waals surface area contributed by atoms with Gasteiger partial charge in [-0.05, 0) is 31.2 Å². The summed E-state index contributed by atoms with van der Waals surface area (Å²) >= 11 is 0. The standard InChI is InChI=1S/C19H18F2N2O5/c1-11(18(25)22-13-4-5-15(20)16(21)8-13)28-19(26)12-7-17(24)23(9-12)10-14-3-2-6-27-14/h2-6,8,11-12H,7,9-10H2,1H3,(H,22,25)/t11-,12-/m1/s1. The van der Waals surface area contributed by atoms with Crippen molar-refractivity contribution in [3.63, 3.8) is 0 Å². The Morgan fingerprint density at radius 1 is 1.32 bits per heavy atom. The predicted molar refractivity (Wildman–Crippen MR) is 92.8 cm³/mol. The molecule has 0 radical (unpaired) electrons. The zero-order chi connectivity index (χ0) is 20.3. The van der Waals surface area contributed by atoms with Gasteiger partial charge in [-0.25, -0.2) is 8.78 Å². The SMILES string of the molecule is C[C@@H](OC(=O)[C@@H]1CC(=O)N(Cc2ccco2)C1)C(=O)Nc1ccc(F)c(F)c1. The van der Waals surface area contributed by atoms with Crippen LogP contribution >= 0.6 is 0 Å². The Kier molecular flexibility index (Phi) is 5.72. The van der Waals surface area contributed by atoms with Crippen LogP contribution in [0.3, 0.4) is 0 Å². The highest BCUT2D eigenvalue weighted by molar-refractivity contribution is 5.95. The van der Waals surface area contributed by atoms with Gasteiger partial charge < -0.3 is 19.4 Å². The molecule has 3 rings (SSSR count). The Morgan fingerprint density at radius 3 is 2.79 bits per heavy atom. The molecule has 2 atom stereocenters. The Balaban J connectivity index is 1.52. The summed E-state index contributed by atoms with van der Waals surface area (Å²) in [6.07, 6.45) is 0.307. The fourth-order valence-corrected chi connectivity index (χ4v) is 2.82. The van der Waals surface area contributed by atoms with Gasteiger partial charge in [0.2, 0.25) is 5.91 Å². The van der Waals surface area contributed by atoms with E-state index in [9.17, 15) is 23.2 Å². The molecule has 148 valence electrons. The lowest BCUT2D eigenvalue weighted by molar-refractivity contribution is -0.157. The number of benzene rings is 1. The summed E-state index contributed by atoms with van der Waals surface area (Å²) in [4.78, 5) is 37.9. The number of amides is 2. The highest BCUT2D eigenvalue weighted by Crippen LogP contribution is 2.22. The van der Waals surface area contributed by atoms with Gasteiger partial charge in [-0.1, -0.05) is 0 Å². The quantitative estimate of drug-likeness (QED) is 0.763. The third-order valence-corrected chi connectivity index (χ3v) is 4.32. The van der Waals surface area contributed by atoms with E-state index < -0.39 is 35.5 Å². The molecule has 0 saturated carbocycles. The minimum Gasteiger partial charge on any atom is -0.467 e. The summed E-state index contributed by atoms with van der Waals surface area (Å²) in [5.41, 5.74) is 0.0347. The van der Waals surface area contributed by atoms with Gasteiger partial charge in [-0.15, -0.1) is 0 Å². The smallest absolute Gasteiger partial charge is 0.312 e. The fourth-order valence-electron chi connectivity index (χ4n) is 2.82. The molecule has 2 amide bonds. The van der Waals surface area contributed by atoms with Gasteiger partial charge in [-0.2, -0.15) is 0 Å². The summed E-state index contributed by atoms with van der Waals surface area (Å²) in [5, 5.41) is 2.34. The van der Waals surface area contributed by atoms with E-state index in [1.165, 1.54) is 24.2 Å². The molecule has 7 nitrogen and oxygen atoms in total. The molecule has 2 aromatic rings. The number of hydrogen-bond acceptors (Lipinski definition) is 5. The number of ether oxygens (including phenoxy) is 1. The maximum absolute atomic E-state index is 13.2. The van der Waals surface area contributed by atoms with Gasteiger partial charge in [0.1, 0.15) is 5.76 Å². The molecular weight excluding hydrogens is 374 g/mol. The molecule has 1 N–H and O–H groups in total. The number of likely N-dealkylation sites (tertiary alicyclic amines) is 1. The lowest BCUT2D eigenvalue weighted by Crippen LogP contribution is -2.33. The van der Waals surface area contributed by atoms with Crippen LogP contribution in [0.1, 0.15) is 19.1 Å². The Hall–Kier alpha value is -3.23. The van der Waals surface area contributed by atoms with Crippen molar-refractivity contribution in [2.75, 3.05) is 11.9 Å². The van der Waals surface area contributed by atoms with Crippen LogP contribution in [0.2, 0.25) is 0 Å². The average molecular weight is 392 g/mol. The number of rotatable bonds is 6. The first-order valence-corrected chi connectivity index (χ1v) is 8.60. The number of carbonyl (C=O) groups is 3. The Bertz CT molecular complexity index is 884. The average Bonchev–Trinajstić information content (AvgIpc) is 3.28. The zero-order valence-electron chi connectivity index (χ0n) is 15.0. The van der Waals surface area contributed by atoms with Gasteiger partial charge in [0.15, 0.2) is 17.7 Å². The summed E-state index contributed by atoms with van der Waals surface area (Å²) in [6.45, 7) is 1.77. The Labute approximate surface area is 159 Å². The molecule has 28 heavy (non-hydrogen) atoms. The minimum absolute atomic E-state index is 0.0168. The van der Waals surface area contributed by atoms with Gasteiger partial charge >= 0.3 is 5.97 Å². The normalized spacial score (nSPS) is 17.5. The van der Waals surface area contributed by atoms with Crippen molar-refractivity contribution in [2.24, 2.45) is 5.92 Å². The van der Waals surface area contributed by atoms with Crippen molar-refractivity contribution in [3.05, 3.63) is 54.0 Å². The minimum atomic E-state index is -1.17. The van der Waals surface area contributed by atoms with E-state index in [-0.39, 0.29) is 31.1 Å². The van der Waals surface area contributed by atoms with Crippen LogP contribution in [-0.2, 0) is 25.7 Å². The van der Waals surface area contributed by atoms with Crippen LogP contribution in [-0.4, -0.2) is 35.3 Å². The van der Waals surface area contributed by atoms with Crippen molar-refractivity contribution in [1.29, 1.82) is 0 Å². The van der Waals surface area contributed by atoms with Crippen molar-refractivity contribution in [1.82, 2.24) is 4.90 Å². The molecule has 1 fully saturated rings. The molecule has 1 aromatic heterocycles. The molecule has 0 unspecified atom stereocenters. The van der Waals surface area contributed by atoms with E-state index in [4.69, 9.17) is 9.15 Å². The molecule has 0 aliphatic carbocycles. The van der Waals surface area contributed by atoms with Crippen LogP contribution in [0, 0.1) is 17.6 Å². The van der Waals surface area contributed by atoms with Crippen LogP contribution in [0.15, 0.2) is 41.0 Å². The lowest BCUT2D eigenvalue weighted by Gasteiger charge is -2.17. The number of esters is 1. The highest BCUT2D eigenvalue weighted by atomic mass is 19.2. The third-order valence-electron chi connectivity index (χ3n) is 4.32. The largest absolute Gasteiger partial charge is 0.467 e. The van der Waals surface area contributed by atoms with Gasteiger partial charge in [0.25, 0.3) is 5.91 Å². The molecular formula is C19H18F2N2O5. The van der Waals surface area contributed by atoms with Crippen LogP contribution < -0.4 is 5.32 Å². The summed E-state index contributed by atoms with van der Waals surface area (Å²) < 4.78 is 36.5. The van der Waals surface area contributed by atoms with Crippen LogP contribution in [0.25, 0.3) is 0 Å². The maximum Gasteiger partial charge on any atom is 0.312 e. The second kappa shape index (κ2) is 8.20. The van der Waals surface area contributed by atoms with E-state index in [0.717, 1.165) is 12.1 Å². The Morgan fingerprint density at radius 2 is 2.11 bits per heavy atom. The van der Waals surface area contributed by atoms with E-state index in [2.05, 4.69) is 5.32 Å². The molecule has 1 aliphatic heterocycles. The van der Waals surface area contributed by atoms with E-state index in [1.807, 2.05) is 0 Å². The topological polar surface area (TPSA) is 88.9 Å². The summed E-state index contributed by atoms with van der Waals surface area (Å²) in [6, 6.07) is 6.31.